The van der Waals surface area contributed by atoms with E-state index < -0.39 is 0 Å². The second kappa shape index (κ2) is 7.52. The van der Waals surface area contributed by atoms with Crippen LogP contribution < -0.4 is 0 Å². The maximum Gasteiger partial charge on any atom is 0.145 e. The molecule has 0 rings (SSSR count). The van der Waals surface area contributed by atoms with Crippen LogP contribution in [0.25, 0.3) is 0 Å². The number of carbonyl (C=O) groups excluding carboxylic acids is 1. The molecule has 0 spiro atoms. The van der Waals surface area contributed by atoms with Gasteiger partial charge in [-0.25, -0.2) is 0 Å². The van der Waals surface area contributed by atoms with Crippen LogP contribution in [0.15, 0.2) is 11.6 Å². The van der Waals surface area contributed by atoms with Gasteiger partial charge in [-0.2, -0.15) is 0 Å². The molecule has 0 radical (unpaired) electrons. The molecule has 0 bridgehead atoms. The van der Waals surface area contributed by atoms with Crippen molar-refractivity contribution in [1.29, 1.82) is 0 Å². The number of allylic oxidation sites excluding steroid dienone is 2. The number of unbranched alkanes of at least 4 members (excludes halogenated alkanes) is 2. The van der Waals surface area contributed by atoms with E-state index >= 15 is 0 Å². The van der Waals surface area contributed by atoms with Crippen LogP contribution in [-0.4, -0.2) is 6.29 Å². The Morgan fingerprint density at radius 2 is 2.00 bits per heavy atom. The third kappa shape index (κ3) is 5.84. The zero-order chi connectivity index (χ0) is 8.53. The number of rotatable bonds is 6. The largest absolute Gasteiger partial charge is 0.298 e. The third-order valence-corrected chi connectivity index (χ3v) is 1.65. The predicted octanol–water partition coefficient (Wildman–Crippen LogP) is 3.10. The zero-order valence-corrected chi connectivity index (χ0v) is 7.60. The molecule has 0 N–H and O–H groups in total. The molecular formula is C10H18O. The Bertz CT molecular complexity index is 125. The lowest BCUT2D eigenvalue weighted by atomic mass is 10.1. The molecule has 0 saturated carbocycles. The van der Waals surface area contributed by atoms with E-state index in [0.29, 0.717) is 0 Å². The van der Waals surface area contributed by atoms with E-state index in [0.717, 1.165) is 31.1 Å². The number of hydrogen-bond donors (Lipinski definition) is 0. The van der Waals surface area contributed by atoms with E-state index in [1.54, 1.807) is 0 Å². The van der Waals surface area contributed by atoms with Crippen molar-refractivity contribution in [3.63, 3.8) is 0 Å². The summed E-state index contributed by atoms with van der Waals surface area (Å²) in [5, 5.41) is 0. The highest BCUT2D eigenvalue weighted by Gasteiger charge is 1.91. The molecule has 0 amide bonds. The Balaban J connectivity index is 3.61. The van der Waals surface area contributed by atoms with E-state index in [1.807, 2.05) is 0 Å². The van der Waals surface area contributed by atoms with Crippen LogP contribution in [0.4, 0.5) is 0 Å². The van der Waals surface area contributed by atoms with Crippen molar-refractivity contribution in [2.24, 2.45) is 0 Å². The van der Waals surface area contributed by atoms with Gasteiger partial charge in [0.05, 0.1) is 0 Å². The van der Waals surface area contributed by atoms with Gasteiger partial charge in [0.15, 0.2) is 0 Å². The van der Waals surface area contributed by atoms with Gasteiger partial charge in [0.2, 0.25) is 0 Å². The van der Waals surface area contributed by atoms with Crippen molar-refractivity contribution >= 4 is 6.29 Å². The lowest BCUT2D eigenvalue weighted by molar-refractivity contribution is -0.105. The van der Waals surface area contributed by atoms with Crippen molar-refractivity contribution in [2.45, 2.75) is 46.0 Å². The average molecular weight is 154 g/mol. The molecule has 0 aromatic carbocycles. The molecule has 0 aliphatic heterocycles. The van der Waals surface area contributed by atoms with Crippen molar-refractivity contribution in [3.8, 4) is 0 Å². The molecule has 0 aliphatic rings. The van der Waals surface area contributed by atoms with Crippen molar-refractivity contribution in [1.82, 2.24) is 0 Å². The Morgan fingerprint density at radius 1 is 1.27 bits per heavy atom. The van der Waals surface area contributed by atoms with Crippen LogP contribution >= 0.6 is 0 Å². The fourth-order valence-electron chi connectivity index (χ4n) is 0.989. The fourth-order valence-corrected chi connectivity index (χ4v) is 0.989. The number of aldehydes is 1. The second-order valence-corrected chi connectivity index (χ2v) is 2.79. The van der Waals surface area contributed by atoms with Crippen LogP contribution in [-0.2, 0) is 4.79 Å². The first-order valence-corrected chi connectivity index (χ1v) is 4.49. The summed E-state index contributed by atoms with van der Waals surface area (Å²) in [5.41, 5.74) is 0.973. The van der Waals surface area contributed by atoms with Crippen LogP contribution in [0.5, 0.6) is 0 Å². The van der Waals surface area contributed by atoms with Crippen molar-refractivity contribution in [2.75, 3.05) is 0 Å². The molecule has 0 heterocycles. The van der Waals surface area contributed by atoms with Gasteiger partial charge in [0.25, 0.3) is 0 Å². The van der Waals surface area contributed by atoms with Crippen LogP contribution in [0, 0.1) is 0 Å². The van der Waals surface area contributed by atoms with Gasteiger partial charge in [-0.1, -0.05) is 39.2 Å². The van der Waals surface area contributed by atoms with Crippen molar-refractivity contribution < 1.29 is 4.79 Å². The zero-order valence-electron chi connectivity index (χ0n) is 7.60. The van der Waals surface area contributed by atoms with E-state index in [9.17, 15) is 4.79 Å². The van der Waals surface area contributed by atoms with E-state index in [2.05, 4.69) is 19.9 Å². The van der Waals surface area contributed by atoms with Gasteiger partial charge < -0.3 is 0 Å². The molecule has 0 saturated heterocycles. The maximum absolute atomic E-state index is 10.4. The summed E-state index contributed by atoms with van der Waals surface area (Å²) in [4.78, 5) is 10.4. The van der Waals surface area contributed by atoms with Gasteiger partial charge in [0, 0.05) is 0 Å². The first-order chi connectivity index (χ1) is 5.35. The summed E-state index contributed by atoms with van der Waals surface area (Å²) in [7, 11) is 0. The molecular weight excluding hydrogens is 136 g/mol. The quantitative estimate of drug-likeness (QED) is 0.326. The summed E-state index contributed by atoms with van der Waals surface area (Å²) < 4.78 is 0. The summed E-state index contributed by atoms with van der Waals surface area (Å²) in [6, 6.07) is 0. The van der Waals surface area contributed by atoms with Gasteiger partial charge in [-0.3, -0.25) is 4.79 Å². The lowest BCUT2D eigenvalue weighted by Gasteiger charge is -1.95. The molecule has 0 atom stereocenters. The highest BCUT2D eigenvalue weighted by molar-refractivity contribution is 5.72. The first-order valence-electron chi connectivity index (χ1n) is 4.49. The smallest absolute Gasteiger partial charge is 0.145 e. The average Bonchev–Trinajstić information content (AvgIpc) is 2.03. The Labute approximate surface area is 69.5 Å². The lowest BCUT2D eigenvalue weighted by Crippen LogP contribution is -1.83. The maximum atomic E-state index is 10.4. The molecule has 0 fully saturated rings. The second-order valence-electron chi connectivity index (χ2n) is 2.79. The highest BCUT2D eigenvalue weighted by atomic mass is 16.1. The monoisotopic (exact) mass is 154 g/mol. The summed E-state index contributed by atoms with van der Waals surface area (Å²) in [6.45, 7) is 4.26. The molecule has 0 unspecified atom stereocenters. The molecule has 0 aliphatic carbocycles. The summed E-state index contributed by atoms with van der Waals surface area (Å²) >= 11 is 0. The fraction of sp³-hybridized carbons (Fsp3) is 0.700. The van der Waals surface area contributed by atoms with Gasteiger partial charge >= 0.3 is 0 Å². The van der Waals surface area contributed by atoms with E-state index in [-0.39, 0.29) is 0 Å². The van der Waals surface area contributed by atoms with Crippen molar-refractivity contribution in [3.05, 3.63) is 11.6 Å². The van der Waals surface area contributed by atoms with Crippen LogP contribution in [0.3, 0.4) is 0 Å². The normalized spacial score (nSPS) is 11.6. The van der Waals surface area contributed by atoms with E-state index in [4.69, 9.17) is 0 Å². The van der Waals surface area contributed by atoms with Gasteiger partial charge in [-0.15, -0.1) is 0 Å². The van der Waals surface area contributed by atoms with Gasteiger partial charge in [0.1, 0.15) is 6.29 Å². The number of carbonyl (C=O) groups is 1. The highest BCUT2D eigenvalue weighted by Crippen LogP contribution is 2.04. The standard InChI is InChI=1S/C10H18O/c1-3-5-6-8-10(9-11)7-4-2/h8-9H,3-7H2,1-2H3. The SMILES string of the molecule is CCCCC=C(C=O)CCC. The molecule has 0 aromatic rings. The molecule has 1 nitrogen and oxygen atoms in total. The summed E-state index contributed by atoms with van der Waals surface area (Å²) in [5.74, 6) is 0. The molecule has 1 heteroatoms. The van der Waals surface area contributed by atoms with Crippen LogP contribution in [0.2, 0.25) is 0 Å². The van der Waals surface area contributed by atoms with Crippen LogP contribution in [0.1, 0.15) is 46.0 Å². The first kappa shape index (κ1) is 10.4. The minimum Gasteiger partial charge on any atom is -0.298 e. The minimum absolute atomic E-state index is 0.938. The Hall–Kier alpha value is -0.590. The number of hydrogen-bond acceptors (Lipinski definition) is 1. The Kier molecular flexibility index (Phi) is 7.11. The topological polar surface area (TPSA) is 17.1 Å². The molecule has 11 heavy (non-hydrogen) atoms. The Morgan fingerprint density at radius 3 is 2.45 bits per heavy atom. The van der Waals surface area contributed by atoms with E-state index in [1.165, 1.54) is 12.8 Å². The molecule has 64 valence electrons. The molecule has 0 aromatic heterocycles. The summed E-state index contributed by atoms with van der Waals surface area (Å²) in [6.07, 6.45) is 8.52. The third-order valence-electron chi connectivity index (χ3n) is 1.65. The van der Waals surface area contributed by atoms with Gasteiger partial charge in [-0.05, 0) is 18.4 Å². The predicted molar refractivity (Wildman–Crippen MR) is 48.6 cm³/mol. The minimum atomic E-state index is 0.938.